The van der Waals surface area contributed by atoms with Crippen molar-refractivity contribution in [2.45, 2.75) is 46.3 Å². The summed E-state index contributed by atoms with van der Waals surface area (Å²) in [6.45, 7) is 8.98. The fourth-order valence-corrected chi connectivity index (χ4v) is 6.52. The lowest BCUT2D eigenvalue weighted by Gasteiger charge is -2.31. The second kappa shape index (κ2) is 10.9. The number of carbonyl (C=O) groups is 3. The molecule has 1 aliphatic heterocycles. The molecule has 2 amide bonds. The predicted molar refractivity (Wildman–Crippen MR) is 158 cm³/mol. The van der Waals surface area contributed by atoms with Gasteiger partial charge in [-0.2, -0.15) is 0 Å². The van der Waals surface area contributed by atoms with Crippen molar-refractivity contribution in [1.82, 2.24) is 4.90 Å². The number of hydrogen-bond acceptors (Lipinski definition) is 5. The van der Waals surface area contributed by atoms with Gasteiger partial charge in [0.25, 0.3) is 11.8 Å². The number of ketones is 1. The number of benzene rings is 3. The van der Waals surface area contributed by atoms with Gasteiger partial charge in [-0.25, -0.2) is 4.90 Å². The number of carbonyl (C=O) groups excluding carboxylic acids is 3. The lowest BCUT2D eigenvalue weighted by atomic mass is 9.96. The van der Waals surface area contributed by atoms with Gasteiger partial charge in [0.05, 0.1) is 16.7 Å². The lowest BCUT2D eigenvalue weighted by Crippen LogP contribution is -2.37. The molecule has 198 valence electrons. The van der Waals surface area contributed by atoms with Gasteiger partial charge in [-0.05, 0) is 75.2 Å². The van der Waals surface area contributed by atoms with Crippen molar-refractivity contribution >= 4 is 45.5 Å². The molecule has 1 aliphatic rings. The van der Waals surface area contributed by atoms with Crippen molar-refractivity contribution in [3.8, 4) is 10.4 Å². The van der Waals surface area contributed by atoms with Crippen molar-refractivity contribution < 1.29 is 14.4 Å². The summed E-state index contributed by atoms with van der Waals surface area (Å²) < 4.78 is 0. The van der Waals surface area contributed by atoms with Gasteiger partial charge < -0.3 is 0 Å². The Morgan fingerprint density at radius 3 is 1.90 bits per heavy atom. The first-order valence-electron chi connectivity index (χ1n) is 12.9. The Bertz CT molecular complexity index is 1520. The van der Waals surface area contributed by atoms with Gasteiger partial charge in [0, 0.05) is 34.1 Å². The highest BCUT2D eigenvalue weighted by molar-refractivity contribution is 7.20. The maximum absolute atomic E-state index is 14.3. The van der Waals surface area contributed by atoms with Crippen LogP contribution in [-0.4, -0.2) is 34.6 Å². The minimum atomic E-state index is -0.419. The summed E-state index contributed by atoms with van der Waals surface area (Å²) in [5, 5.41) is 0.871. The number of amides is 2. The number of hydrogen-bond donors (Lipinski definition) is 0. The van der Waals surface area contributed by atoms with Gasteiger partial charge in [-0.3, -0.25) is 19.3 Å². The average molecular weight is 557 g/mol. The lowest BCUT2D eigenvalue weighted by molar-refractivity contribution is 0.0927. The van der Waals surface area contributed by atoms with E-state index in [-0.39, 0.29) is 17.9 Å². The van der Waals surface area contributed by atoms with Crippen molar-refractivity contribution in [3.63, 3.8) is 0 Å². The Hall–Kier alpha value is -3.58. The average Bonchev–Trinajstić information content (AvgIpc) is 3.41. The van der Waals surface area contributed by atoms with E-state index in [2.05, 4.69) is 32.6 Å². The topological polar surface area (TPSA) is 57.7 Å². The van der Waals surface area contributed by atoms with Gasteiger partial charge in [-0.1, -0.05) is 54.1 Å². The molecular weight excluding hydrogens is 528 g/mol. The zero-order valence-corrected chi connectivity index (χ0v) is 23.8. The highest BCUT2D eigenvalue weighted by Gasteiger charge is 2.41. The van der Waals surface area contributed by atoms with E-state index in [1.807, 2.05) is 30.3 Å². The minimum absolute atomic E-state index is 0.203. The van der Waals surface area contributed by atoms with Crippen molar-refractivity contribution in [1.29, 1.82) is 0 Å². The van der Waals surface area contributed by atoms with E-state index < -0.39 is 11.8 Å². The smallest absolute Gasteiger partial charge is 0.266 e. The summed E-state index contributed by atoms with van der Waals surface area (Å²) >= 11 is 7.44. The molecule has 0 fully saturated rings. The summed E-state index contributed by atoms with van der Waals surface area (Å²) in [6, 6.07) is 23.7. The predicted octanol–water partition coefficient (Wildman–Crippen LogP) is 7.72. The Balaban J connectivity index is 1.79. The van der Waals surface area contributed by atoms with Crippen molar-refractivity contribution in [3.05, 3.63) is 112 Å². The van der Waals surface area contributed by atoms with Gasteiger partial charge in [-0.15, -0.1) is 11.3 Å². The molecule has 0 spiro atoms. The molecule has 39 heavy (non-hydrogen) atoms. The van der Waals surface area contributed by atoms with E-state index in [0.717, 1.165) is 16.0 Å². The fraction of sp³-hybridized carbons (Fsp3) is 0.219. The van der Waals surface area contributed by atoms with E-state index in [0.29, 0.717) is 38.8 Å². The zero-order valence-electron chi connectivity index (χ0n) is 22.3. The van der Waals surface area contributed by atoms with Crippen molar-refractivity contribution in [2.24, 2.45) is 0 Å². The monoisotopic (exact) mass is 556 g/mol. The van der Waals surface area contributed by atoms with Crippen LogP contribution in [0.15, 0.2) is 78.9 Å². The molecule has 0 N–H and O–H groups in total. The number of thiophene rings is 1. The van der Waals surface area contributed by atoms with E-state index in [1.165, 1.54) is 16.2 Å². The highest BCUT2D eigenvalue weighted by Crippen LogP contribution is 2.46. The zero-order chi connectivity index (χ0) is 27.8. The number of anilines is 1. The van der Waals surface area contributed by atoms with Crippen LogP contribution in [0.5, 0.6) is 0 Å². The molecule has 0 unspecified atom stereocenters. The third kappa shape index (κ3) is 4.96. The van der Waals surface area contributed by atoms with E-state index in [9.17, 15) is 14.4 Å². The summed E-state index contributed by atoms with van der Waals surface area (Å²) in [7, 11) is 0. The molecule has 0 radical (unpaired) electrons. The van der Waals surface area contributed by atoms with Crippen LogP contribution in [0, 0.1) is 0 Å². The Morgan fingerprint density at radius 1 is 0.821 bits per heavy atom. The van der Waals surface area contributed by atoms with Crippen LogP contribution < -0.4 is 4.90 Å². The summed E-state index contributed by atoms with van der Waals surface area (Å²) in [4.78, 5) is 45.9. The number of imide groups is 1. The van der Waals surface area contributed by atoms with Crippen LogP contribution in [0.25, 0.3) is 10.4 Å². The molecule has 1 aromatic heterocycles. The molecule has 4 aromatic rings. The Morgan fingerprint density at radius 2 is 1.36 bits per heavy atom. The molecule has 0 bridgehead atoms. The number of fused-ring (bicyclic) bond motifs is 1. The first-order chi connectivity index (χ1) is 18.7. The molecule has 2 heterocycles. The van der Waals surface area contributed by atoms with Crippen LogP contribution in [0.4, 0.5) is 5.00 Å². The SMILES string of the molecule is CC(C)N(Cc1c(-c2ccccc2)sc(N2C(=O)c3ccccc3C2=O)c1C(=O)c1ccc(Cl)cc1)C(C)C. The standard InChI is InChI=1S/C32H29ClN2O3S/c1-19(2)34(20(3)4)18-26-27(28(36)21-14-16-23(33)17-15-21)32(39-29(26)22-10-6-5-7-11-22)35-30(37)24-12-8-9-13-25(24)31(35)38/h5-17,19-20H,18H2,1-4H3. The minimum Gasteiger partial charge on any atom is -0.294 e. The Labute approximate surface area is 237 Å². The molecule has 5 rings (SSSR count). The van der Waals surface area contributed by atoms with Gasteiger partial charge in [0.1, 0.15) is 5.00 Å². The maximum Gasteiger partial charge on any atom is 0.266 e. The molecule has 0 aliphatic carbocycles. The number of rotatable bonds is 8. The molecule has 0 saturated carbocycles. The third-order valence-corrected chi connectivity index (χ3v) is 8.54. The molecule has 3 aromatic carbocycles. The number of nitrogens with zero attached hydrogens (tertiary/aromatic N) is 2. The summed E-state index contributed by atoms with van der Waals surface area (Å²) in [6.07, 6.45) is 0. The second-order valence-corrected chi connectivity index (χ2v) is 11.6. The van der Waals surface area contributed by atoms with Crippen LogP contribution in [0.2, 0.25) is 5.02 Å². The normalized spacial score (nSPS) is 13.2. The Kier molecular flexibility index (Phi) is 7.54. The quantitative estimate of drug-likeness (QED) is 0.165. The van der Waals surface area contributed by atoms with Gasteiger partial charge in [0.2, 0.25) is 0 Å². The third-order valence-electron chi connectivity index (χ3n) is 7.02. The van der Waals surface area contributed by atoms with Gasteiger partial charge in [0.15, 0.2) is 5.78 Å². The molecule has 5 nitrogen and oxygen atoms in total. The van der Waals surface area contributed by atoms with Crippen LogP contribution in [-0.2, 0) is 6.54 Å². The maximum atomic E-state index is 14.3. The van der Waals surface area contributed by atoms with E-state index in [1.54, 1.807) is 48.5 Å². The first kappa shape index (κ1) is 27.0. The number of halogens is 1. The fourth-order valence-electron chi connectivity index (χ4n) is 5.08. The second-order valence-electron chi connectivity index (χ2n) is 10.1. The van der Waals surface area contributed by atoms with Crippen LogP contribution in [0.3, 0.4) is 0 Å². The molecular formula is C32H29ClN2O3S. The highest BCUT2D eigenvalue weighted by atomic mass is 35.5. The van der Waals surface area contributed by atoms with Crippen molar-refractivity contribution in [2.75, 3.05) is 4.90 Å². The molecule has 0 atom stereocenters. The van der Waals surface area contributed by atoms with E-state index in [4.69, 9.17) is 11.6 Å². The summed E-state index contributed by atoms with van der Waals surface area (Å²) in [5.74, 6) is -1.09. The first-order valence-corrected chi connectivity index (χ1v) is 14.1. The molecule has 0 saturated heterocycles. The van der Waals surface area contributed by atoms with Gasteiger partial charge >= 0.3 is 0 Å². The largest absolute Gasteiger partial charge is 0.294 e. The summed E-state index contributed by atoms with van der Waals surface area (Å²) in [5.41, 5.74) is 3.24. The molecule has 7 heteroatoms. The van der Waals surface area contributed by atoms with E-state index >= 15 is 0 Å². The van der Waals surface area contributed by atoms with Crippen LogP contribution >= 0.6 is 22.9 Å². The van der Waals surface area contributed by atoms with Crippen LogP contribution in [0.1, 0.15) is 69.9 Å².